The number of carbonyl (C=O) groups is 3. The number of aryl methyl sites for hydroxylation is 2. The molecule has 1 heterocycles. The fraction of sp³-hybridized carbons (Fsp3) is 0.375. The van der Waals surface area contributed by atoms with Gasteiger partial charge in [-0.25, -0.2) is 4.90 Å². The molecule has 2 aliphatic carbocycles. The number of hydrogen-bond donors (Lipinski definition) is 1. The highest BCUT2D eigenvalue weighted by molar-refractivity contribution is 9.12. The molecule has 2 aromatic rings. The number of imide groups is 1. The first-order chi connectivity index (χ1) is 14.8. The van der Waals surface area contributed by atoms with Crippen LogP contribution in [-0.4, -0.2) is 27.4 Å². The second-order valence-electron chi connectivity index (χ2n) is 8.79. The van der Waals surface area contributed by atoms with E-state index in [9.17, 15) is 14.4 Å². The number of benzene rings is 2. The number of halogens is 2. The van der Waals surface area contributed by atoms with Gasteiger partial charge in [-0.15, -0.1) is 0 Å². The normalized spacial score (nSPS) is 31.3. The third kappa shape index (κ3) is 3.11. The van der Waals surface area contributed by atoms with Gasteiger partial charge in [0.05, 0.1) is 23.1 Å². The molecule has 0 unspecified atom stereocenters. The lowest BCUT2D eigenvalue weighted by Gasteiger charge is -2.28. The number of alkyl halides is 2. The summed E-state index contributed by atoms with van der Waals surface area (Å²) >= 11 is 7.43. The fourth-order valence-electron chi connectivity index (χ4n) is 5.46. The monoisotopic (exact) mass is 544 g/mol. The lowest BCUT2D eigenvalue weighted by atomic mass is 9.81. The summed E-state index contributed by atoms with van der Waals surface area (Å²) in [5.74, 6) is -1.06. The van der Waals surface area contributed by atoms with E-state index in [0.29, 0.717) is 16.9 Å². The molecular formula is C24H22Br2N2O3. The SMILES string of the molecule is Cc1ccc(NC(=O)c2ccccc2N2C(=O)[C@@H]3[C@H]4C[C@@H]([C@H](Br)[C@H]4Br)[C@H]3C2=O)cc1C. The molecule has 3 aliphatic rings. The van der Waals surface area contributed by atoms with Crippen LogP contribution in [0.1, 0.15) is 27.9 Å². The van der Waals surface area contributed by atoms with Gasteiger partial charge in [0, 0.05) is 15.3 Å². The highest BCUT2D eigenvalue weighted by atomic mass is 79.9. The first-order valence-corrected chi connectivity index (χ1v) is 12.3. The highest BCUT2D eigenvalue weighted by Gasteiger charge is 2.66. The van der Waals surface area contributed by atoms with Gasteiger partial charge >= 0.3 is 0 Å². The predicted molar refractivity (Wildman–Crippen MR) is 127 cm³/mol. The summed E-state index contributed by atoms with van der Waals surface area (Å²) in [5, 5.41) is 2.91. The maximum atomic E-state index is 13.4. The van der Waals surface area contributed by atoms with E-state index in [1.54, 1.807) is 24.3 Å². The predicted octanol–water partition coefficient (Wildman–Crippen LogP) is 4.84. The van der Waals surface area contributed by atoms with Crippen LogP contribution < -0.4 is 10.2 Å². The molecular weight excluding hydrogens is 524 g/mol. The van der Waals surface area contributed by atoms with Crippen molar-refractivity contribution >= 4 is 61.0 Å². The zero-order valence-electron chi connectivity index (χ0n) is 17.1. The van der Waals surface area contributed by atoms with Gasteiger partial charge in [0.2, 0.25) is 11.8 Å². The molecule has 3 fully saturated rings. The Hall–Kier alpha value is -1.99. The molecule has 160 valence electrons. The van der Waals surface area contributed by atoms with Crippen molar-refractivity contribution < 1.29 is 14.4 Å². The van der Waals surface area contributed by atoms with Gasteiger partial charge in [0.25, 0.3) is 5.91 Å². The molecule has 1 saturated heterocycles. The molecule has 31 heavy (non-hydrogen) atoms. The Morgan fingerprint density at radius 3 is 2.16 bits per heavy atom. The molecule has 1 aliphatic heterocycles. The maximum absolute atomic E-state index is 13.4. The molecule has 0 spiro atoms. The van der Waals surface area contributed by atoms with Gasteiger partial charge in [-0.2, -0.15) is 0 Å². The second kappa shape index (κ2) is 7.55. The van der Waals surface area contributed by atoms with Crippen LogP contribution in [0.3, 0.4) is 0 Å². The third-order valence-corrected chi connectivity index (χ3v) is 10.3. The summed E-state index contributed by atoms with van der Waals surface area (Å²) in [5.41, 5.74) is 3.59. The smallest absolute Gasteiger partial charge is 0.257 e. The molecule has 0 aromatic heterocycles. The average Bonchev–Trinajstić information content (AvgIpc) is 3.35. The Morgan fingerprint density at radius 1 is 0.935 bits per heavy atom. The number of carbonyl (C=O) groups excluding carboxylic acids is 3. The van der Waals surface area contributed by atoms with E-state index in [0.717, 1.165) is 17.5 Å². The van der Waals surface area contributed by atoms with Crippen molar-refractivity contribution in [1.82, 2.24) is 0 Å². The average molecular weight is 546 g/mol. The molecule has 1 N–H and O–H groups in total. The Morgan fingerprint density at radius 2 is 1.55 bits per heavy atom. The van der Waals surface area contributed by atoms with E-state index in [1.165, 1.54) is 4.90 Å². The summed E-state index contributed by atoms with van der Waals surface area (Å²) in [4.78, 5) is 41.5. The summed E-state index contributed by atoms with van der Waals surface area (Å²) in [6.45, 7) is 4.00. The molecule has 6 atom stereocenters. The van der Waals surface area contributed by atoms with E-state index < -0.39 is 0 Å². The number of para-hydroxylation sites is 1. The zero-order chi connectivity index (χ0) is 22.0. The van der Waals surface area contributed by atoms with Gasteiger partial charge in [0.1, 0.15) is 0 Å². The third-order valence-electron chi connectivity index (χ3n) is 7.14. The Balaban J connectivity index is 1.47. The van der Waals surface area contributed by atoms with E-state index in [4.69, 9.17) is 0 Å². The molecule has 7 heteroatoms. The van der Waals surface area contributed by atoms with Crippen LogP contribution in [0.2, 0.25) is 0 Å². The van der Waals surface area contributed by atoms with E-state index in [-0.39, 0.29) is 51.0 Å². The van der Waals surface area contributed by atoms with Gasteiger partial charge in [-0.3, -0.25) is 14.4 Å². The molecule has 5 nitrogen and oxygen atoms in total. The van der Waals surface area contributed by atoms with Gasteiger partial charge in [-0.1, -0.05) is 50.1 Å². The Labute approximate surface area is 197 Å². The van der Waals surface area contributed by atoms with Crippen molar-refractivity contribution in [2.45, 2.75) is 29.9 Å². The molecule has 2 saturated carbocycles. The van der Waals surface area contributed by atoms with Crippen molar-refractivity contribution in [3.8, 4) is 0 Å². The van der Waals surface area contributed by atoms with Crippen molar-refractivity contribution in [2.75, 3.05) is 10.2 Å². The lowest BCUT2D eigenvalue weighted by molar-refractivity contribution is -0.123. The van der Waals surface area contributed by atoms with Crippen LogP contribution in [0.5, 0.6) is 0 Å². The number of nitrogens with zero attached hydrogens (tertiary/aromatic N) is 1. The number of fused-ring (bicyclic) bond motifs is 5. The van der Waals surface area contributed by atoms with Gasteiger partial charge < -0.3 is 5.32 Å². The van der Waals surface area contributed by atoms with Crippen LogP contribution in [0.15, 0.2) is 42.5 Å². The van der Waals surface area contributed by atoms with Crippen LogP contribution >= 0.6 is 31.9 Å². The molecule has 5 rings (SSSR count). The summed E-state index contributed by atoms with van der Waals surface area (Å²) in [6.07, 6.45) is 0.876. The van der Waals surface area contributed by atoms with E-state index in [2.05, 4.69) is 37.2 Å². The van der Waals surface area contributed by atoms with E-state index in [1.807, 2.05) is 32.0 Å². The minimum absolute atomic E-state index is 0.136. The highest BCUT2D eigenvalue weighted by Crippen LogP contribution is 2.60. The standard InChI is InChI=1S/C24H22Br2N2O3/c1-11-7-8-13(9-12(11)2)27-22(29)14-5-3-4-6-17(14)28-23(30)18-15-10-16(19(18)24(28)31)21(26)20(15)25/h3-9,15-16,18-21H,10H2,1-2H3,(H,27,29)/t15-,16-,18-,19-,20+,21+/m1/s1. The quantitative estimate of drug-likeness (QED) is 0.443. The summed E-state index contributed by atoms with van der Waals surface area (Å²) in [7, 11) is 0. The van der Waals surface area contributed by atoms with Crippen LogP contribution in [0, 0.1) is 37.5 Å². The molecule has 0 radical (unpaired) electrons. The van der Waals surface area contributed by atoms with Crippen molar-refractivity contribution in [2.24, 2.45) is 23.7 Å². The van der Waals surface area contributed by atoms with Crippen molar-refractivity contribution in [1.29, 1.82) is 0 Å². The number of anilines is 2. The number of nitrogens with one attached hydrogen (secondary N) is 1. The van der Waals surface area contributed by atoms with Crippen molar-refractivity contribution in [3.05, 3.63) is 59.2 Å². The first kappa shape index (κ1) is 20.9. The Bertz CT molecular complexity index is 1090. The van der Waals surface area contributed by atoms with Gasteiger partial charge in [-0.05, 0) is 67.5 Å². The van der Waals surface area contributed by atoms with Gasteiger partial charge in [0.15, 0.2) is 0 Å². The van der Waals surface area contributed by atoms with Crippen molar-refractivity contribution in [3.63, 3.8) is 0 Å². The minimum atomic E-state index is -0.337. The zero-order valence-corrected chi connectivity index (χ0v) is 20.3. The Kier molecular flexibility index (Phi) is 5.09. The maximum Gasteiger partial charge on any atom is 0.257 e. The van der Waals surface area contributed by atoms with E-state index >= 15 is 0 Å². The molecule has 2 bridgehead atoms. The van der Waals surface area contributed by atoms with Crippen LogP contribution in [0.4, 0.5) is 11.4 Å². The fourth-order valence-corrected chi connectivity index (χ4v) is 7.34. The molecule has 3 amide bonds. The van der Waals surface area contributed by atoms with Crippen LogP contribution in [-0.2, 0) is 9.59 Å². The minimum Gasteiger partial charge on any atom is -0.322 e. The summed E-state index contributed by atoms with van der Waals surface area (Å²) < 4.78 is 0. The number of rotatable bonds is 3. The summed E-state index contributed by atoms with van der Waals surface area (Å²) in [6, 6.07) is 12.6. The lowest BCUT2D eigenvalue weighted by Crippen LogP contribution is -2.37. The number of hydrogen-bond acceptors (Lipinski definition) is 3. The first-order valence-electron chi connectivity index (χ1n) is 10.4. The molecule has 2 aromatic carbocycles. The second-order valence-corrected chi connectivity index (χ2v) is 10.9. The topological polar surface area (TPSA) is 66.5 Å². The van der Waals surface area contributed by atoms with Crippen LogP contribution in [0.25, 0.3) is 0 Å². The largest absolute Gasteiger partial charge is 0.322 e. The number of amides is 3.